The van der Waals surface area contributed by atoms with E-state index in [9.17, 15) is 8.78 Å². The van der Waals surface area contributed by atoms with Crippen molar-refractivity contribution in [2.45, 2.75) is 45.1 Å². The van der Waals surface area contributed by atoms with Crippen LogP contribution in [0.5, 0.6) is 0 Å². The lowest BCUT2D eigenvalue weighted by atomic mass is 9.75. The molecular formula is C15H19F2N3O. The second kappa shape index (κ2) is 5.18. The molecule has 0 fully saturated rings. The van der Waals surface area contributed by atoms with Gasteiger partial charge < -0.3 is 10.3 Å². The summed E-state index contributed by atoms with van der Waals surface area (Å²) in [5.41, 5.74) is 5.49. The molecule has 2 N–H and O–H groups in total. The summed E-state index contributed by atoms with van der Waals surface area (Å²) < 4.78 is 31.6. The molecule has 1 aromatic carbocycles. The Morgan fingerprint density at radius 1 is 1.10 bits per heavy atom. The first-order chi connectivity index (χ1) is 9.59. The van der Waals surface area contributed by atoms with Crippen LogP contribution in [0.1, 0.15) is 45.0 Å². The SMILES string of the molecule is CC(C)(N)C(C)(C)c1nc(Cc2cc(F)cc(F)c2)no1. The Hall–Kier alpha value is -1.82. The molecule has 0 amide bonds. The molecule has 2 aromatic rings. The predicted molar refractivity (Wildman–Crippen MR) is 74.8 cm³/mol. The normalized spacial score (nSPS) is 12.7. The van der Waals surface area contributed by atoms with Gasteiger partial charge in [-0.25, -0.2) is 8.78 Å². The Morgan fingerprint density at radius 3 is 2.19 bits per heavy atom. The summed E-state index contributed by atoms with van der Waals surface area (Å²) in [6.45, 7) is 7.57. The van der Waals surface area contributed by atoms with E-state index in [1.807, 2.05) is 27.7 Å². The van der Waals surface area contributed by atoms with Crippen LogP contribution in [0.3, 0.4) is 0 Å². The van der Waals surface area contributed by atoms with Gasteiger partial charge in [0.2, 0.25) is 5.89 Å². The largest absolute Gasteiger partial charge is 0.339 e. The first kappa shape index (κ1) is 15.6. The highest BCUT2D eigenvalue weighted by atomic mass is 19.1. The van der Waals surface area contributed by atoms with E-state index in [1.165, 1.54) is 12.1 Å². The van der Waals surface area contributed by atoms with Crippen molar-refractivity contribution in [2.24, 2.45) is 5.73 Å². The minimum Gasteiger partial charge on any atom is -0.339 e. The maximum atomic E-state index is 13.2. The number of rotatable bonds is 4. The molecule has 2 rings (SSSR count). The zero-order chi connectivity index (χ0) is 15.8. The molecule has 1 aromatic heterocycles. The number of halogens is 2. The number of aromatic nitrogens is 2. The average molecular weight is 295 g/mol. The predicted octanol–water partition coefficient (Wildman–Crippen LogP) is 2.95. The number of benzene rings is 1. The molecule has 6 heteroatoms. The molecule has 0 aliphatic heterocycles. The van der Waals surface area contributed by atoms with Crippen LogP contribution in [0.25, 0.3) is 0 Å². The van der Waals surface area contributed by atoms with E-state index in [0.717, 1.165) is 6.07 Å². The zero-order valence-electron chi connectivity index (χ0n) is 12.6. The van der Waals surface area contributed by atoms with Gasteiger partial charge in [-0.1, -0.05) is 5.16 Å². The molecule has 0 atom stereocenters. The lowest BCUT2D eigenvalue weighted by molar-refractivity contribution is 0.222. The highest BCUT2D eigenvalue weighted by Gasteiger charge is 2.40. The smallest absolute Gasteiger partial charge is 0.234 e. The monoisotopic (exact) mass is 295 g/mol. The Balaban J connectivity index is 2.25. The quantitative estimate of drug-likeness (QED) is 0.942. The van der Waals surface area contributed by atoms with E-state index in [0.29, 0.717) is 17.3 Å². The van der Waals surface area contributed by atoms with Gasteiger partial charge in [-0.2, -0.15) is 4.98 Å². The van der Waals surface area contributed by atoms with Crippen molar-refractivity contribution >= 4 is 0 Å². The lowest BCUT2D eigenvalue weighted by Gasteiger charge is -2.34. The summed E-state index contributed by atoms with van der Waals surface area (Å²) in [6.07, 6.45) is 0.194. The summed E-state index contributed by atoms with van der Waals surface area (Å²) >= 11 is 0. The summed E-state index contributed by atoms with van der Waals surface area (Å²) in [7, 11) is 0. The molecule has 4 nitrogen and oxygen atoms in total. The van der Waals surface area contributed by atoms with E-state index in [2.05, 4.69) is 10.1 Å². The molecule has 114 valence electrons. The van der Waals surface area contributed by atoms with Gasteiger partial charge in [-0.3, -0.25) is 0 Å². The minimum absolute atomic E-state index is 0.194. The molecule has 0 radical (unpaired) electrons. The van der Waals surface area contributed by atoms with Crippen molar-refractivity contribution in [3.63, 3.8) is 0 Å². The third-order valence-electron chi connectivity index (χ3n) is 3.90. The van der Waals surface area contributed by atoms with Crippen molar-refractivity contribution in [3.8, 4) is 0 Å². The number of nitrogens with two attached hydrogens (primary N) is 1. The lowest BCUT2D eigenvalue weighted by Crippen LogP contribution is -2.50. The van der Waals surface area contributed by atoms with Crippen LogP contribution in [-0.4, -0.2) is 15.7 Å². The van der Waals surface area contributed by atoms with Gasteiger partial charge in [0, 0.05) is 18.0 Å². The van der Waals surface area contributed by atoms with E-state index in [1.54, 1.807) is 0 Å². The van der Waals surface area contributed by atoms with Crippen LogP contribution in [0.2, 0.25) is 0 Å². The summed E-state index contributed by atoms with van der Waals surface area (Å²) in [5, 5.41) is 3.86. The summed E-state index contributed by atoms with van der Waals surface area (Å²) in [5.74, 6) is -0.483. The summed E-state index contributed by atoms with van der Waals surface area (Å²) in [6, 6.07) is 3.32. The standard InChI is InChI=1S/C15H19F2N3O/c1-14(2,15(3,4)18)13-19-12(20-21-13)7-9-5-10(16)8-11(17)6-9/h5-6,8H,7,18H2,1-4H3. The first-order valence-electron chi connectivity index (χ1n) is 6.66. The minimum atomic E-state index is -0.628. The Labute approximate surface area is 122 Å². The molecule has 0 unspecified atom stereocenters. The first-order valence-corrected chi connectivity index (χ1v) is 6.66. The molecule has 1 heterocycles. The molecule has 0 spiro atoms. The Bertz CT molecular complexity index is 624. The number of hydrogen-bond acceptors (Lipinski definition) is 4. The van der Waals surface area contributed by atoms with Crippen molar-refractivity contribution in [1.29, 1.82) is 0 Å². The molecule has 0 aliphatic rings. The second-order valence-electron chi connectivity index (χ2n) is 6.32. The average Bonchev–Trinajstić information content (AvgIpc) is 2.74. The van der Waals surface area contributed by atoms with Crippen LogP contribution in [0.4, 0.5) is 8.78 Å². The van der Waals surface area contributed by atoms with Crippen LogP contribution in [0.15, 0.2) is 22.7 Å². The second-order valence-corrected chi connectivity index (χ2v) is 6.32. The molecule has 0 aliphatic carbocycles. The molecule has 0 saturated carbocycles. The van der Waals surface area contributed by atoms with Crippen molar-refractivity contribution in [3.05, 3.63) is 47.1 Å². The van der Waals surface area contributed by atoms with E-state index < -0.39 is 22.6 Å². The fourth-order valence-electron chi connectivity index (χ4n) is 1.75. The Kier molecular flexibility index (Phi) is 3.84. The van der Waals surface area contributed by atoms with Crippen molar-refractivity contribution in [2.75, 3.05) is 0 Å². The third kappa shape index (κ3) is 3.26. The fraction of sp³-hybridized carbons (Fsp3) is 0.467. The third-order valence-corrected chi connectivity index (χ3v) is 3.90. The Morgan fingerprint density at radius 2 is 1.67 bits per heavy atom. The number of nitrogens with zero attached hydrogens (tertiary/aromatic N) is 2. The van der Waals surface area contributed by atoms with Gasteiger partial charge >= 0.3 is 0 Å². The van der Waals surface area contributed by atoms with Gasteiger partial charge in [0.25, 0.3) is 0 Å². The van der Waals surface area contributed by atoms with Gasteiger partial charge in [-0.05, 0) is 45.4 Å². The maximum Gasteiger partial charge on any atom is 0.234 e. The van der Waals surface area contributed by atoms with Gasteiger partial charge in [0.1, 0.15) is 11.6 Å². The highest BCUT2D eigenvalue weighted by molar-refractivity contribution is 5.21. The van der Waals surface area contributed by atoms with Crippen LogP contribution >= 0.6 is 0 Å². The van der Waals surface area contributed by atoms with E-state index >= 15 is 0 Å². The van der Waals surface area contributed by atoms with Gasteiger partial charge in [-0.15, -0.1) is 0 Å². The topological polar surface area (TPSA) is 64.9 Å². The zero-order valence-corrected chi connectivity index (χ0v) is 12.6. The highest BCUT2D eigenvalue weighted by Crippen LogP contribution is 2.31. The molecule has 21 heavy (non-hydrogen) atoms. The van der Waals surface area contributed by atoms with Gasteiger partial charge in [0.15, 0.2) is 5.82 Å². The molecule has 0 saturated heterocycles. The molecule has 0 bridgehead atoms. The van der Waals surface area contributed by atoms with Gasteiger partial charge in [0.05, 0.1) is 5.41 Å². The van der Waals surface area contributed by atoms with E-state index in [4.69, 9.17) is 10.3 Å². The van der Waals surface area contributed by atoms with Crippen LogP contribution in [-0.2, 0) is 11.8 Å². The maximum absolute atomic E-state index is 13.2. The number of hydrogen-bond donors (Lipinski definition) is 1. The fourth-order valence-corrected chi connectivity index (χ4v) is 1.75. The van der Waals surface area contributed by atoms with Crippen LogP contribution < -0.4 is 5.73 Å². The van der Waals surface area contributed by atoms with Crippen molar-refractivity contribution < 1.29 is 13.3 Å². The van der Waals surface area contributed by atoms with Crippen molar-refractivity contribution in [1.82, 2.24) is 10.1 Å². The molecular weight excluding hydrogens is 276 g/mol. The van der Waals surface area contributed by atoms with Crippen LogP contribution in [0, 0.1) is 11.6 Å². The summed E-state index contributed by atoms with van der Waals surface area (Å²) in [4.78, 5) is 4.30. The van der Waals surface area contributed by atoms with E-state index in [-0.39, 0.29) is 6.42 Å².